The number of anilines is 1. The maximum absolute atomic E-state index is 13.2. The average Bonchev–Trinajstić information content (AvgIpc) is 2.89. The number of carbonyl (C=O) groups is 2. The Morgan fingerprint density at radius 2 is 1.26 bits per heavy atom. The molecule has 0 radical (unpaired) electrons. The van der Waals surface area contributed by atoms with Crippen LogP contribution in [-0.2, 0) is 17.8 Å². The number of rotatable bonds is 8. The van der Waals surface area contributed by atoms with E-state index < -0.39 is 12.1 Å². The van der Waals surface area contributed by atoms with Crippen molar-refractivity contribution >= 4 is 17.6 Å². The maximum atomic E-state index is 13.2. The summed E-state index contributed by atoms with van der Waals surface area (Å²) in [6, 6.07) is 35.7. The predicted molar refractivity (Wildman–Crippen MR) is 136 cm³/mol. The highest BCUT2D eigenvalue weighted by molar-refractivity contribution is 5.93. The van der Waals surface area contributed by atoms with Crippen LogP contribution in [0.2, 0.25) is 0 Å². The molecule has 0 bridgehead atoms. The number of amides is 3. The van der Waals surface area contributed by atoms with E-state index in [1.165, 1.54) is 0 Å². The number of carbonyl (C=O) groups excluding carboxylic acids is 2. The van der Waals surface area contributed by atoms with Crippen molar-refractivity contribution < 1.29 is 9.59 Å². The molecule has 4 rings (SSSR count). The van der Waals surface area contributed by atoms with E-state index in [0.29, 0.717) is 18.7 Å². The Morgan fingerprint density at radius 3 is 1.97 bits per heavy atom. The van der Waals surface area contributed by atoms with Gasteiger partial charge in [0.05, 0.1) is 0 Å². The van der Waals surface area contributed by atoms with Gasteiger partial charge in [0.25, 0.3) is 0 Å². The van der Waals surface area contributed by atoms with Gasteiger partial charge >= 0.3 is 6.03 Å². The monoisotopic (exact) mass is 449 g/mol. The third-order valence-corrected chi connectivity index (χ3v) is 5.49. The second-order valence-corrected chi connectivity index (χ2v) is 7.95. The van der Waals surface area contributed by atoms with Gasteiger partial charge in [-0.25, -0.2) is 4.79 Å². The minimum absolute atomic E-state index is 0.241. The molecule has 5 nitrogen and oxygen atoms in total. The van der Waals surface area contributed by atoms with Crippen LogP contribution in [0.5, 0.6) is 0 Å². The summed E-state index contributed by atoms with van der Waals surface area (Å²) in [7, 11) is 0. The van der Waals surface area contributed by atoms with Crippen LogP contribution in [0.3, 0.4) is 0 Å². The number of hydrogen-bond donors (Lipinski definition) is 3. The lowest BCUT2D eigenvalue weighted by Gasteiger charge is -2.20. The van der Waals surface area contributed by atoms with E-state index >= 15 is 0 Å². The highest BCUT2D eigenvalue weighted by Crippen LogP contribution is 2.23. The van der Waals surface area contributed by atoms with Crippen LogP contribution in [0.25, 0.3) is 11.1 Å². The van der Waals surface area contributed by atoms with Crippen molar-refractivity contribution in [1.29, 1.82) is 0 Å². The number of urea groups is 1. The Morgan fingerprint density at radius 1 is 0.676 bits per heavy atom. The fourth-order valence-corrected chi connectivity index (χ4v) is 3.79. The van der Waals surface area contributed by atoms with Crippen LogP contribution >= 0.6 is 0 Å². The van der Waals surface area contributed by atoms with E-state index in [0.717, 1.165) is 22.3 Å². The van der Waals surface area contributed by atoms with E-state index in [1.54, 1.807) is 12.1 Å². The van der Waals surface area contributed by atoms with Crippen molar-refractivity contribution in [3.8, 4) is 11.1 Å². The molecule has 3 N–H and O–H groups in total. The van der Waals surface area contributed by atoms with Gasteiger partial charge in [0.15, 0.2) is 0 Å². The molecule has 0 saturated carbocycles. The largest absolute Gasteiger partial charge is 0.350 e. The molecule has 0 aliphatic carbocycles. The summed E-state index contributed by atoms with van der Waals surface area (Å²) in [6.45, 7) is 0.358. The highest BCUT2D eigenvalue weighted by atomic mass is 16.2. The molecule has 0 unspecified atom stereocenters. The number of para-hydroxylation sites is 1. The van der Waals surface area contributed by atoms with Crippen LogP contribution in [0.4, 0.5) is 10.5 Å². The van der Waals surface area contributed by atoms with Gasteiger partial charge in [-0.3, -0.25) is 4.79 Å². The lowest BCUT2D eigenvalue weighted by Crippen LogP contribution is -2.49. The van der Waals surface area contributed by atoms with Crippen molar-refractivity contribution in [1.82, 2.24) is 10.6 Å². The summed E-state index contributed by atoms with van der Waals surface area (Å²) in [5, 5.41) is 8.64. The quantitative estimate of drug-likeness (QED) is 0.337. The zero-order valence-electron chi connectivity index (χ0n) is 18.8. The number of nitrogens with one attached hydrogen (secondary N) is 3. The standard InChI is InChI=1S/C29H27N3O2/c33-28(30-21-24-16-10-11-19-26(24)23-14-6-2-7-15-23)27(20-22-12-4-1-5-13-22)32-29(34)31-25-17-8-3-9-18-25/h1-19,27H,20-21H2,(H,30,33)(H2,31,32,34)/t27-/m1/s1. The molecule has 0 aliphatic heterocycles. The molecule has 5 heteroatoms. The van der Waals surface area contributed by atoms with Crippen molar-refractivity contribution in [2.24, 2.45) is 0 Å². The Hall–Kier alpha value is -4.38. The first-order valence-electron chi connectivity index (χ1n) is 11.3. The van der Waals surface area contributed by atoms with Crippen molar-refractivity contribution in [3.63, 3.8) is 0 Å². The summed E-state index contributed by atoms with van der Waals surface area (Å²) in [5.41, 5.74) is 4.79. The predicted octanol–water partition coefficient (Wildman–Crippen LogP) is 5.40. The Labute approximate surface area is 199 Å². The number of hydrogen-bond acceptors (Lipinski definition) is 2. The van der Waals surface area contributed by atoms with Crippen molar-refractivity contribution in [2.75, 3.05) is 5.32 Å². The molecule has 4 aromatic rings. The van der Waals surface area contributed by atoms with Crippen LogP contribution < -0.4 is 16.0 Å². The van der Waals surface area contributed by atoms with Crippen molar-refractivity contribution in [2.45, 2.75) is 19.0 Å². The molecule has 0 saturated heterocycles. The molecule has 0 heterocycles. The molecule has 4 aromatic carbocycles. The first-order chi connectivity index (χ1) is 16.7. The van der Waals surface area contributed by atoms with Gasteiger partial charge in [0, 0.05) is 18.7 Å². The molecule has 1 atom stereocenters. The van der Waals surface area contributed by atoms with Gasteiger partial charge in [0.1, 0.15) is 6.04 Å². The average molecular weight is 450 g/mol. The van der Waals surface area contributed by atoms with E-state index in [-0.39, 0.29) is 5.91 Å². The third kappa shape index (κ3) is 6.33. The van der Waals surface area contributed by atoms with Crippen molar-refractivity contribution in [3.05, 3.63) is 126 Å². The van der Waals surface area contributed by atoms with Gasteiger partial charge in [0.2, 0.25) is 5.91 Å². The molecule has 0 aliphatic rings. The fourth-order valence-electron chi connectivity index (χ4n) is 3.79. The van der Waals surface area contributed by atoms with E-state index in [2.05, 4.69) is 16.0 Å². The summed E-state index contributed by atoms with van der Waals surface area (Å²) in [4.78, 5) is 25.8. The normalized spacial score (nSPS) is 11.3. The molecule has 0 fully saturated rings. The molecular weight excluding hydrogens is 422 g/mol. The van der Waals surface area contributed by atoms with Gasteiger partial charge in [-0.2, -0.15) is 0 Å². The van der Waals surface area contributed by atoms with Gasteiger partial charge in [-0.05, 0) is 34.4 Å². The van der Waals surface area contributed by atoms with E-state index in [1.807, 2.05) is 103 Å². The molecule has 34 heavy (non-hydrogen) atoms. The Bertz CT molecular complexity index is 1210. The Kier molecular flexibility index (Phi) is 7.70. The third-order valence-electron chi connectivity index (χ3n) is 5.49. The molecule has 170 valence electrons. The smallest absolute Gasteiger partial charge is 0.319 e. The SMILES string of the molecule is O=C(Nc1ccccc1)N[C@H](Cc1ccccc1)C(=O)NCc1ccccc1-c1ccccc1. The second kappa shape index (κ2) is 11.5. The summed E-state index contributed by atoms with van der Waals surface area (Å²) < 4.78 is 0. The molecule has 0 aromatic heterocycles. The molecule has 3 amide bonds. The van der Waals surface area contributed by atoms with Crippen LogP contribution in [-0.4, -0.2) is 18.0 Å². The number of benzene rings is 4. The maximum Gasteiger partial charge on any atom is 0.319 e. The zero-order chi connectivity index (χ0) is 23.6. The van der Waals surface area contributed by atoms with Crippen LogP contribution in [0, 0.1) is 0 Å². The second-order valence-electron chi connectivity index (χ2n) is 7.95. The summed E-state index contributed by atoms with van der Waals surface area (Å²) in [6.07, 6.45) is 0.384. The first kappa shape index (κ1) is 22.8. The lowest BCUT2D eigenvalue weighted by molar-refractivity contribution is -0.123. The lowest BCUT2D eigenvalue weighted by atomic mass is 9.99. The molecular formula is C29H27N3O2. The fraction of sp³-hybridized carbons (Fsp3) is 0.103. The summed E-state index contributed by atoms with van der Waals surface area (Å²) in [5.74, 6) is -0.241. The first-order valence-corrected chi connectivity index (χ1v) is 11.3. The van der Waals surface area contributed by atoms with Crippen LogP contribution in [0.1, 0.15) is 11.1 Å². The Balaban J connectivity index is 1.47. The van der Waals surface area contributed by atoms with E-state index in [9.17, 15) is 9.59 Å². The highest BCUT2D eigenvalue weighted by Gasteiger charge is 2.21. The summed E-state index contributed by atoms with van der Waals surface area (Å²) >= 11 is 0. The van der Waals surface area contributed by atoms with Crippen LogP contribution in [0.15, 0.2) is 115 Å². The van der Waals surface area contributed by atoms with E-state index in [4.69, 9.17) is 0 Å². The minimum atomic E-state index is -0.727. The van der Waals surface area contributed by atoms with Gasteiger partial charge < -0.3 is 16.0 Å². The van der Waals surface area contributed by atoms with Gasteiger partial charge in [-0.1, -0.05) is 103 Å². The topological polar surface area (TPSA) is 70.2 Å². The molecule has 0 spiro atoms. The van der Waals surface area contributed by atoms with Gasteiger partial charge in [-0.15, -0.1) is 0 Å². The zero-order valence-corrected chi connectivity index (χ0v) is 18.8. The minimum Gasteiger partial charge on any atom is -0.350 e.